The zero-order valence-electron chi connectivity index (χ0n) is 15.7. The van der Waals surface area contributed by atoms with Crippen LogP contribution in [-0.4, -0.2) is 35.5 Å². The van der Waals surface area contributed by atoms with Crippen LogP contribution >= 0.6 is 0 Å². The van der Waals surface area contributed by atoms with Gasteiger partial charge in [-0.2, -0.15) is 0 Å². The van der Waals surface area contributed by atoms with Crippen molar-refractivity contribution < 1.29 is 19.7 Å². The molecule has 0 aromatic heterocycles. The van der Waals surface area contributed by atoms with Gasteiger partial charge in [0.2, 0.25) is 0 Å². The molecule has 0 amide bonds. The summed E-state index contributed by atoms with van der Waals surface area (Å²) < 4.78 is 5.27. The van der Waals surface area contributed by atoms with Crippen LogP contribution in [-0.2, 0) is 9.53 Å². The summed E-state index contributed by atoms with van der Waals surface area (Å²) in [6.45, 7) is 2.73. The molecule has 142 valence electrons. The third-order valence-electron chi connectivity index (χ3n) is 8.82. The first kappa shape index (κ1) is 17.8. The minimum atomic E-state index is -0.617. The molecule has 0 saturated heterocycles. The normalized spacial score (nSPS) is 52.1. The van der Waals surface area contributed by atoms with Crippen LogP contribution in [0.25, 0.3) is 0 Å². The van der Waals surface area contributed by atoms with Gasteiger partial charge in [0, 0.05) is 7.11 Å². The van der Waals surface area contributed by atoms with E-state index < -0.39 is 11.6 Å². The number of methoxy groups -OCH3 is 1. The fourth-order valence-electron chi connectivity index (χ4n) is 7.77. The Morgan fingerprint density at radius 1 is 1.04 bits per heavy atom. The SMILES string of the molecule is COC[C@@]1(O)CC[C@H]2[C@H](CC[C@@H]3[C@@H]2CC[C@]2(C)[C@@H](C(=O)O)CC[C@@H]32)C1. The van der Waals surface area contributed by atoms with Crippen molar-refractivity contribution in [1.29, 1.82) is 0 Å². The average molecular weight is 350 g/mol. The second-order valence-electron chi connectivity index (χ2n) is 9.85. The molecule has 0 aliphatic heterocycles. The van der Waals surface area contributed by atoms with Crippen LogP contribution in [0.15, 0.2) is 0 Å². The second-order valence-corrected chi connectivity index (χ2v) is 9.85. The van der Waals surface area contributed by atoms with E-state index >= 15 is 0 Å². The lowest BCUT2D eigenvalue weighted by Gasteiger charge is -2.56. The number of carboxylic acid groups (broad SMARTS) is 1. The highest BCUT2D eigenvalue weighted by molar-refractivity contribution is 5.71. The average Bonchev–Trinajstić information content (AvgIpc) is 2.91. The molecule has 0 radical (unpaired) electrons. The molecule has 4 heteroatoms. The number of aliphatic hydroxyl groups is 1. The Hall–Kier alpha value is -0.610. The van der Waals surface area contributed by atoms with Crippen molar-refractivity contribution in [3.8, 4) is 0 Å². The highest BCUT2D eigenvalue weighted by atomic mass is 16.5. The van der Waals surface area contributed by atoms with E-state index in [9.17, 15) is 15.0 Å². The van der Waals surface area contributed by atoms with Crippen molar-refractivity contribution in [2.75, 3.05) is 13.7 Å². The summed E-state index contributed by atoms with van der Waals surface area (Å²) in [5.41, 5.74) is -0.598. The maximum absolute atomic E-state index is 11.7. The van der Waals surface area contributed by atoms with Gasteiger partial charge in [-0.1, -0.05) is 6.92 Å². The lowest BCUT2D eigenvalue weighted by atomic mass is 9.49. The molecule has 0 spiro atoms. The third kappa shape index (κ3) is 2.75. The van der Waals surface area contributed by atoms with E-state index in [4.69, 9.17) is 4.74 Å². The Labute approximate surface area is 151 Å². The number of fused-ring (bicyclic) bond motifs is 5. The molecule has 4 nitrogen and oxygen atoms in total. The largest absolute Gasteiger partial charge is 0.481 e. The maximum atomic E-state index is 11.7. The summed E-state index contributed by atoms with van der Waals surface area (Å²) in [5, 5.41) is 20.5. The zero-order valence-corrected chi connectivity index (χ0v) is 15.7. The van der Waals surface area contributed by atoms with Crippen molar-refractivity contribution in [2.45, 2.75) is 70.3 Å². The van der Waals surface area contributed by atoms with E-state index in [1.807, 2.05) is 0 Å². The lowest BCUT2D eigenvalue weighted by Crippen LogP contribution is -2.52. The van der Waals surface area contributed by atoms with E-state index in [2.05, 4.69) is 6.92 Å². The molecular weight excluding hydrogens is 316 g/mol. The summed E-state index contributed by atoms with van der Waals surface area (Å²) in [7, 11) is 1.68. The lowest BCUT2D eigenvalue weighted by molar-refractivity contribution is -0.151. The Kier molecular flexibility index (Phi) is 4.43. The van der Waals surface area contributed by atoms with Gasteiger partial charge in [0.15, 0.2) is 0 Å². The van der Waals surface area contributed by atoms with Gasteiger partial charge in [-0.05, 0) is 92.8 Å². The maximum Gasteiger partial charge on any atom is 0.307 e. The summed E-state index contributed by atoms with van der Waals surface area (Å²) in [5.74, 6) is 2.76. The van der Waals surface area contributed by atoms with Crippen LogP contribution in [0.1, 0.15) is 64.7 Å². The topological polar surface area (TPSA) is 66.8 Å². The third-order valence-corrected chi connectivity index (χ3v) is 8.82. The van der Waals surface area contributed by atoms with Crippen LogP contribution in [0.3, 0.4) is 0 Å². The molecule has 4 rings (SSSR count). The van der Waals surface area contributed by atoms with Gasteiger partial charge in [-0.3, -0.25) is 4.79 Å². The highest BCUT2D eigenvalue weighted by Crippen LogP contribution is 2.64. The van der Waals surface area contributed by atoms with Crippen LogP contribution in [0.4, 0.5) is 0 Å². The summed E-state index contributed by atoms with van der Waals surface area (Å²) in [4.78, 5) is 11.7. The van der Waals surface area contributed by atoms with Gasteiger partial charge in [0.1, 0.15) is 0 Å². The first-order valence-electron chi connectivity index (χ1n) is 10.3. The van der Waals surface area contributed by atoms with Gasteiger partial charge in [-0.25, -0.2) is 0 Å². The number of hydrogen-bond donors (Lipinski definition) is 2. The molecular formula is C21H34O4. The van der Waals surface area contributed by atoms with Crippen LogP contribution in [0.2, 0.25) is 0 Å². The predicted molar refractivity (Wildman–Crippen MR) is 95.1 cm³/mol. The van der Waals surface area contributed by atoms with Crippen LogP contribution in [0.5, 0.6) is 0 Å². The smallest absolute Gasteiger partial charge is 0.307 e. The molecule has 25 heavy (non-hydrogen) atoms. The minimum absolute atomic E-state index is 0.0191. The van der Waals surface area contributed by atoms with E-state index in [0.717, 1.165) is 56.3 Å². The van der Waals surface area contributed by atoms with Gasteiger partial charge in [-0.15, -0.1) is 0 Å². The fraction of sp³-hybridized carbons (Fsp3) is 0.952. The molecule has 0 heterocycles. The molecule has 8 atom stereocenters. The number of carboxylic acids is 1. The van der Waals surface area contributed by atoms with Crippen molar-refractivity contribution in [1.82, 2.24) is 0 Å². The van der Waals surface area contributed by atoms with E-state index in [1.54, 1.807) is 7.11 Å². The second kappa shape index (κ2) is 6.23. The molecule has 0 bridgehead atoms. The summed E-state index contributed by atoms with van der Waals surface area (Å²) in [6, 6.07) is 0. The Bertz CT molecular complexity index is 534. The van der Waals surface area contributed by atoms with E-state index in [-0.39, 0.29) is 11.3 Å². The van der Waals surface area contributed by atoms with E-state index in [1.165, 1.54) is 19.3 Å². The minimum Gasteiger partial charge on any atom is -0.481 e. The van der Waals surface area contributed by atoms with Gasteiger partial charge in [0.05, 0.1) is 18.1 Å². The Balaban J connectivity index is 1.51. The number of carbonyl (C=O) groups is 1. The molecule has 4 aliphatic rings. The van der Waals surface area contributed by atoms with Crippen molar-refractivity contribution in [2.24, 2.45) is 40.9 Å². The van der Waals surface area contributed by atoms with Crippen molar-refractivity contribution in [3.05, 3.63) is 0 Å². The molecule has 4 saturated carbocycles. The highest BCUT2D eigenvalue weighted by Gasteiger charge is 2.59. The van der Waals surface area contributed by atoms with Gasteiger partial charge < -0.3 is 14.9 Å². The quantitative estimate of drug-likeness (QED) is 0.814. The number of hydrogen-bond acceptors (Lipinski definition) is 3. The number of aliphatic carboxylic acids is 1. The summed E-state index contributed by atoms with van der Waals surface area (Å²) in [6.07, 6.45) is 9.61. The Morgan fingerprint density at radius 3 is 2.52 bits per heavy atom. The molecule has 2 N–H and O–H groups in total. The monoisotopic (exact) mass is 350 g/mol. The molecule has 0 unspecified atom stereocenters. The van der Waals surface area contributed by atoms with Gasteiger partial charge in [0.25, 0.3) is 0 Å². The number of rotatable bonds is 3. The van der Waals surface area contributed by atoms with Crippen LogP contribution in [0, 0.1) is 40.9 Å². The summed E-state index contributed by atoms with van der Waals surface area (Å²) >= 11 is 0. The van der Waals surface area contributed by atoms with Gasteiger partial charge >= 0.3 is 5.97 Å². The Morgan fingerprint density at radius 2 is 1.80 bits per heavy atom. The van der Waals surface area contributed by atoms with E-state index in [0.29, 0.717) is 18.4 Å². The zero-order chi connectivity index (χ0) is 17.8. The van der Waals surface area contributed by atoms with Crippen molar-refractivity contribution in [3.63, 3.8) is 0 Å². The van der Waals surface area contributed by atoms with Crippen molar-refractivity contribution >= 4 is 5.97 Å². The molecule has 4 aliphatic carbocycles. The van der Waals surface area contributed by atoms with Crippen LogP contribution < -0.4 is 0 Å². The molecule has 4 fully saturated rings. The standard InChI is InChI=1S/C21H34O4/c1-20-9-7-15-14-8-10-21(24,12-25-2)11-13(14)3-4-16(15)17(20)5-6-18(20)19(22)23/h13-18,24H,3-12H2,1-2H3,(H,22,23)/t13-,14+,15-,16-,17+,18-,20+,21-/m1/s1. The number of ether oxygens (including phenoxy) is 1. The first-order valence-corrected chi connectivity index (χ1v) is 10.3. The predicted octanol–water partition coefficient (Wildman–Crippen LogP) is 3.72. The fourth-order valence-corrected chi connectivity index (χ4v) is 7.77. The molecule has 0 aromatic rings. The first-order chi connectivity index (χ1) is 11.9. The molecule has 0 aromatic carbocycles.